The number of ketones is 1. The second-order valence-electron chi connectivity index (χ2n) is 6.37. The maximum atomic E-state index is 10.5. The van der Waals surface area contributed by atoms with Gasteiger partial charge in [-0.15, -0.1) is 13.2 Å². The highest BCUT2D eigenvalue weighted by Crippen LogP contribution is 2.13. The van der Waals surface area contributed by atoms with E-state index < -0.39 is 5.60 Å². The zero-order valence-electron chi connectivity index (χ0n) is 17.2. The highest BCUT2D eigenvalue weighted by Gasteiger charge is 2.12. The van der Waals surface area contributed by atoms with Gasteiger partial charge in [0.25, 0.3) is 0 Å². The van der Waals surface area contributed by atoms with Crippen molar-refractivity contribution in [2.75, 3.05) is 0 Å². The van der Waals surface area contributed by atoms with Crippen molar-refractivity contribution in [3.05, 3.63) is 85.0 Å². The molecule has 1 aromatic rings. The summed E-state index contributed by atoms with van der Waals surface area (Å²) in [4.78, 5) is 20.5. The van der Waals surface area contributed by atoms with Crippen LogP contribution in [-0.4, -0.2) is 22.8 Å². The molecule has 0 aliphatic rings. The minimum Gasteiger partial charge on any atom is -0.386 e. The minimum absolute atomic E-state index is 0.113. The van der Waals surface area contributed by atoms with Gasteiger partial charge in [-0.2, -0.15) is 0 Å². The van der Waals surface area contributed by atoms with E-state index >= 15 is 0 Å². The molecular formula is C24H34O3. The Hall–Kier alpha value is -2.52. The minimum atomic E-state index is -0.702. The van der Waals surface area contributed by atoms with Gasteiger partial charge < -0.3 is 5.11 Å². The van der Waals surface area contributed by atoms with Crippen LogP contribution in [0.2, 0.25) is 0 Å². The molecule has 0 saturated carbocycles. The van der Waals surface area contributed by atoms with E-state index in [0.29, 0.717) is 6.42 Å². The van der Waals surface area contributed by atoms with Crippen LogP contribution >= 0.6 is 0 Å². The fraction of sp³-hybridized carbons (Fsp3) is 0.333. The summed E-state index contributed by atoms with van der Waals surface area (Å²) in [7, 11) is 0. The Balaban J connectivity index is 0. The van der Waals surface area contributed by atoms with Crippen molar-refractivity contribution < 1.29 is 14.7 Å². The number of carbonyl (C=O) groups is 2. The third-order valence-electron chi connectivity index (χ3n) is 3.28. The first-order valence-electron chi connectivity index (χ1n) is 8.98. The Morgan fingerprint density at radius 1 is 1.19 bits per heavy atom. The average molecular weight is 371 g/mol. The molecule has 27 heavy (non-hydrogen) atoms. The van der Waals surface area contributed by atoms with Crippen LogP contribution in [0.4, 0.5) is 0 Å². The maximum Gasteiger partial charge on any atom is 0.159 e. The molecule has 0 heterocycles. The van der Waals surface area contributed by atoms with Gasteiger partial charge in [-0.1, -0.05) is 60.2 Å². The Morgan fingerprint density at radius 3 is 2.15 bits per heavy atom. The first kappa shape index (κ1) is 26.7. The topological polar surface area (TPSA) is 54.4 Å². The highest BCUT2D eigenvalue weighted by molar-refractivity contribution is 5.90. The Bertz CT molecular complexity index is 604. The molecule has 0 aliphatic heterocycles. The molecule has 0 fully saturated rings. The van der Waals surface area contributed by atoms with Gasteiger partial charge in [-0.05, 0) is 46.6 Å². The van der Waals surface area contributed by atoms with E-state index in [4.69, 9.17) is 0 Å². The Morgan fingerprint density at radius 2 is 1.78 bits per heavy atom. The van der Waals surface area contributed by atoms with Crippen molar-refractivity contribution in [3.8, 4) is 0 Å². The van der Waals surface area contributed by atoms with Crippen molar-refractivity contribution in [1.29, 1.82) is 0 Å². The van der Waals surface area contributed by atoms with Gasteiger partial charge in [-0.25, -0.2) is 0 Å². The van der Waals surface area contributed by atoms with Crippen LogP contribution in [0.15, 0.2) is 79.4 Å². The molecule has 0 aliphatic carbocycles. The van der Waals surface area contributed by atoms with Crippen molar-refractivity contribution in [3.63, 3.8) is 0 Å². The Labute approximate surface area is 164 Å². The number of aldehydes is 1. The molecule has 0 saturated heterocycles. The molecule has 3 nitrogen and oxygen atoms in total. The number of aliphatic hydroxyl groups is 1. The summed E-state index contributed by atoms with van der Waals surface area (Å²) in [6.07, 6.45) is 11.5. The molecule has 148 valence electrons. The number of hydrogen-bond acceptors (Lipinski definition) is 3. The molecule has 0 bridgehead atoms. The van der Waals surface area contributed by atoms with E-state index in [0.717, 1.165) is 24.7 Å². The van der Waals surface area contributed by atoms with E-state index in [1.165, 1.54) is 5.57 Å². The van der Waals surface area contributed by atoms with Gasteiger partial charge in [0, 0.05) is 12.0 Å². The van der Waals surface area contributed by atoms with Crippen molar-refractivity contribution >= 4 is 12.1 Å². The van der Waals surface area contributed by atoms with Crippen LogP contribution in [0, 0.1) is 0 Å². The van der Waals surface area contributed by atoms with Gasteiger partial charge in [0.2, 0.25) is 0 Å². The summed E-state index contributed by atoms with van der Waals surface area (Å²) in [5.74, 6) is 0.113. The summed E-state index contributed by atoms with van der Waals surface area (Å²) in [6, 6.07) is 9.10. The zero-order valence-corrected chi connectivity index (χ0v) is 17.2. The fourth-order valence-electron chi connectivity index (χ4n) is 1.68. The van der Waals surface area contributed by atoms with E-state index in [9.17, 15) is 14.7 Å². The number of hydrogen-bond donors (Lipinski definition) is 1. The van der Waals surface area contributed by atoms with Crippen molar-refractivity contribution in [2.45, 2.75) is 52.6 Å². The quantitative estimate of drug-likeness (QED) is 0.353. The predicted molar refractivity (Wildman–Crippen MR) is 116 cm³/mol. The van der Waals surface area contributed by atoms with Crippen LogP contribution in [0.25, 0.3) is 0 Å². The van der Waals surface area contributed by atoms with Crippen molar-refractivity contribution in [2.24, 2.45) is 0 Å². The number of carbonyl (C=O) groups excluding carboxylic acids is 2. The Kier molecular flexibility index (Phi) is 16.7. The van der Waals surface area contributed by atoms with Gasteiger partial charge in [0.15, 0.2) is 5.78 Å². The number of rotatable bonds is 8. The lowest BCUT2D eigenvalue weighted by atomic mass is 10.00. The van der Waals surface area contributed by atoms with E-state index in [-0.39, 0.29) is 5.78 Å². The SMILES string of the molecule is C=CC(C)(O)CCC=C(C)C.C=CCC(=O)C=CC.O=Cc1ccccc1. The third-order valence-corrected chi connectivity index (χ3v) is 3.28. The van der Waals surface area contributed by atoms with Crippen LogP contribution in [0.3, 0.4) is 0 Å². The average Bonchev–Trinajstić information content (AvgIpc) is 2.63. The molecule has 1 rings (SSSR count). The fourth-order valence-corrected chi connectivity index (χ4v) is 1.68. The van der Waals surface area contributed by atoms with E-state index in [1.807, 2.05) is 25.1 Å². The lowest BCUT2D eigenvalue weighted by Gasteiger charge is -2.16. The van der Waals surface area contributed by atoms with Crippen LogP contribution in [0.1, 0.15) is 57.3 Å². The third kappa shape index (κ3) is 19.7. The summed E-state index contributed by atoms with van der Waals surface area (Å²) >= 11 is 0. The van der Waals surface area contributed by atoms with Crippen LogP contribution in [0.5, 0.6) is 0 Å². The molecule has 0 spiro atoms. The molecule has 0 amide bonds. The number of benzene rings is 1. The molecule has 1 unspecified atom stereocenters. The molecule has 1 N–H and O–H groups in total. The lowest BCUT2D eigenvalue weighted by Crippen LogP contribution is -2.19. The number of allylic oxidation sites excluding steroid dienone is 5. The van der Waals surface area contributed by atoms with E-state index in [2.05, 4.69) is 33.1 Å². The molecule has 1 atom stereocenters. The summed E-state index contributed by atoms with van der Waals surface area (Å²) in [6.45, 7) is 14.7. The van der Waals surface area contributed by atoms with Crippen LogP contribution < -0.4 is 0 Å². The second-order valence-corrected chi connectivity index (χ2v) is 6.37. The molecule has 1 aromatic carbocycles. The first-order valence-corrected chi connectivity index (χ1v) is 8.98. The molecule has 0 aromatic heterocycles. The van der Waals surface area contributed by atoms with E-state index in [1.54, 1.807) is 43.4 Å². The van der Waals surface area contributed by atoms with Gasteiger partial charge in [0.05, 0.1) is 5.60 Å². The molecule has 3 heteroatoms. The largest absolute Gasteiger partial charge is 0.386 e. The summed E-state index contributed by atoms with van der Waals surface area (Å²) in [5.41, 5.74) is 1.32. The smallest absolute Gasteiger partial charge is 0.159 e. The zero-order chi connectivity index (χ0) is 21.1. The molecular weight excluding hydrogens is 336 g/mol. The van der Waals surface area contributed by atoms with Crippen molar-refractivity contribution in [1.82, 2.24) is 0 Å². The predicted octanol–water partition coefficient (Wildman–Crippen LogP) is 5.88. The van der Waals surface area contributed by atoms with Gasteiger partial charge in [0.1, 0.15) is 6.29 Å². The maximum absolute atomic E-state index is 10.5. The van der Waals surface area contributed by atoms with Gasteiger partial charge in [-0.3, -0.25) is 9.59 Å². The summed E-state index contributed by atoms with van der Waals surface area (Å²) < 4.78 is 0. The van der Waals surface area contributed by atoms with Crippen LogP contribution in [-0.2, 0) is 4.79 Å². The lowest BCUT2D eigenvalue weighted by molar-refractivity contribution is -0.113. The highest BCUT2D eigenvalue weighted by atomic mass is 16.3. The summed E-state index contributed by atoms with van der Waals surface area (Å²) in [5, 5.41) is 9.49. The van der Waals surface area contributed by atoms with Gasteiger partial charge >= 0.3 is 0 Å². The normalized spacial score (nSPS) is 11.6. The second kappa shape index (κ2) is 16.9. The standard InChI is InChI=1S/C10H18O.C7H6O.C7H10O/c1-5-10(4,11)8-6-7-9(2)3;8-6-7-4-2-1-3-5-7;1-3-5-7(8)6-4-2/h5,7,11H,1,6,8H2,2-4H3;1-6H;3-4,6H,1,5H2,2H3. The molecule has 0 radical (unpaired) electrons. The first-order chi connectivity index (χ1) is 12.7. The monoisotopic (exact) mass is 370 g/mol.